The summed E-state index contributed by atoms with van der Waals surface area (Å²) in [6.45, 7) is 3.56. The lowest BCUT2D eigenvalue weighted by Crippen LogP contribution is -2.29. The number of hydrogen-bond donors (Lipinski definition) is 2. The number of hydrogen-bond acceptors (Lipinski definition) is 8. The van der Waals surface area contributed by atoms with Gasteiger partial charge in [-0.15, -0.1) is 0 Å². The molecular weight excluding hydrogens is 1120 g/mol. The number of ether oxygens (including phenoxy) is 2. The van der Waals surface area contributed by atoms with Gasteiger partial charge in [0, 0.05) is 19.4 Å². The fraction of sp³-hybridized carbons (Fsp3) is 0.747. The molecule has 0 radical (unpaired) electrons. The van der Waals surface area contributed by atoms with Gasteiger partial charge in [0.2, 0.25) is 0 Å². The fourth-order valence-corrected chi connectivity index (χ4v) is 11.5. The van der Waals surface area contributed by atoms with E-state index < -0.39 is 26.5 Å². The number of esters is 2. The Hall–Kier alpha value is -3.33. The molecule has 3 N–H and O–H groups in total. The Morgan fingerprint density at radius 3 is 0.865 bits per heavy atom. The van der Waals surface area contributed by atoms with Crippen LogP contribution in [0, 0.1) is 0 Å². The molecule has 0 aliphatic rings. The maximum absolute atomic E-state index is 12.8. The van der Waals surface area contributed by atoms with Crippen LogP contribution in [-0.2, 0) is 32.7 Å². The van der Waals surface area contributed by atoms with Crippen molar-refractivity contribution >= 4 is 19.8 Å². The average molecular weight is 1260 g/mol. The van der Waals surface area contributed by atoms with Gasteiger partial charge >= 0.3 is 19.8 Å². The third-order valence-electron chi connectivity index (χ3n) is 16.2. The zero-order chi connectivity index (χ0) is 64.4. The maximum Gasteiger partial charge on any atom is 0.472 e. The first-order valence-electron chi connectivity index (χ1n) is 37.4. The molecule has 2 atom stereocenters. The predicted molar refractivity (Wildman–Crippen MR) is 385 cm³/mol. The van der Waals surface area contributed by atoms with Gasteiger partial charge in [0.15, 0.2) is 6.10 Å². The lowest BCUT2D eigenvalue weighted by Gasteiger charge is -2.19. The summed E-state index contributed by atoms with van der Waals surface area (Å²) in [5.41, 5.74) is 5.41. The summed E-state index contributed by atoms with van der Waals surface area (Å²) in [5.74, 6) is -0.817. The van der Waals surface area contributed by atoms with Crippen LogP contribution in [-0.4, -0.2) is 49.3 Å². The van der Waals surface area contributed by atoms with Gasteiger partial charge in [0.05, 0.1) is 13.2 Å². The van der Waals surface area contributed by atoms with E-state index in [1.54, 1.807) is 0 Å². The van der Waals surface area contributed by atoms with Crippen molar-refractivity contribution in [2.24, 2.45) is 5.73 Å². The lowest BCUT2D eigenvalue weighted by atomic mass is 10.0. The monoisotopic (exact) mass is 1260 g/mol. The highest BCUT2D eigenvalue weighted by atomic mass is 31.2. The van der Waals surface area contributed by atoms with E-state index in [2.05, 4.69) is 123 Å². The van der Waals surface area contributed by atoms with Crippen LogP contribution in [0.25, 0.3) is 0 Å². The summed E-state index contributed by atoms with van der Waals surface area (Å²) in [4.78, 5) is 35.4. The molecule has 0 rings (SSSR count). The summed E-state index contributed by atoms with van der Waals surface area (Å²) in [5, 5.41) is 0. The number of carbonyl (C=O) groups excluding carboxylic acids is 2. The quantitative estimate of drug-likeness (QED) is 0.0264. The smallest absolute Gasteiger partial charge is 0.462 e. The topological polar surface area (TPSA) is 134 Å². The van der Waals surface area contributed by atoms with Crippen LogP contribution in [0.5, 0.6) is 0 Å². The van der Waals surface area contributed by atoms with Gasteiger partial charge < -0.3 is 20.1 Å². The second-order valence-electron chi connectivity index (χ2n) is 24.8. The highest BCUT2D eigenvalue weighted by Gasteiger charge is 2.26. The number of carbonyl (C=O) groups is 2. The van der Waals surface area contributed by atoms with E-state index >= 15 is 0 Å². The van der Waals surface area contributed by atoms with E-state index in [1.807, 2.05) is 0 Å². The van der Waals surface area contributed by atoms with Crippen molar-refractivity contribution < 1.29 is 37.6 Å². The van der Waals surface area contributed by atoms with Crippen LogP contribution >= 0.6 is 7.82 Å². The zero-order valence-corrected chi connectivity index (χ0v) is 58.8. The molecule has 0 bridgehead atoms. The highest BCUT2D eigenvalue weighted by Crippen LogP contribution is 2.43. The van der Waals surface area contributed by atoms with Crippen molar-refractivity contribution in [3.63, 3.8) is 0 Å². The Kier molecular flexibility index (Phi) is 71.0. The van der Waals surface area contributed by atoms with Gasteiger partial charge in [-0.05, 0) is 96.3 Å². The molecule has 0 saturated heterocycles. The number of nitrogens with two attached hydrogens (primary N) is 1. The summed E-state index contributed by atoms with van der Waals surface area (Å²) >= 11 is 0. The van der Waals surface area contributed by atoms with Crippen molar-refractivity contribution in [1.82, 2.24) is 0 Å². The van der Waals surface area contributed by atoms with E-state index in [0.29, 0.717) is 6.42 Å². The summed E-state index contributed by atoms with van der Waals surface area (Å²) < 4.78 is 33.2. The first-order valence-corrected chi connectivity index (χ1v) is 38.9. The van der Waals surface area contributed by atoms with Crippen LogP contribution in [0.3, 0.4) is 0 Å². The van der Waals surface area contributed by atoms with Gasteiger partial charge in [-0.2, -0.15) is 0 Å². The molecule has 0 aliphatic heterocycles. The van der Waals surface area contributed by atoms with Crippen molar-refractivity contribution in [2.75, 3.05) is 26.4 Å². The Morgan fingerprint density at radius 2 is 0.584 bits per heavy atom. The Labute approximate surface area is 549 Å². The third kappa shape index (κ3) is 73.6. The largest absolute Gasteiger partial charge is 0.472 e. The lowest BCUT2D eigenvalue weighted by molar-refractivity contribution is -0.161. The first-order chi connectivity index (χ1) is 43.8. The standard InChI is InChI=1S/C79H140NO8P/c1-3-5-7-9-11-13-15-17-19-21-23-25-27-29-31-33-34-35-36-37-38-39-40-41-42-44-45-47-49-51-53-55-57-59-61-63-65-67-69-71-78(81)85-75-77(76-87-89(83,84)86-74-73-80)88-79(82)72-70-68-66-64-62-60-58-56-54-52-50-48-46-43-32-30-28-26-24-22-20-18-16-14-12-10-8-6-4-2/h5-8,11-14,17-20,23-26,30,32,77H,3-4,9-10,15-16,21-22,27-29,31,33-76,80H2,1-2H3,(H,83,84)/b7-5-,8-6-,13-11-,14-12-,19-17-,20-18-,25-23-,26-24-,32-30-. The fourth-order valence-electron chi connectivity index (χ4n) is 10.7. The van der Waals surface area contributed by atoms with Gasteiger partial charge in [0.25, 0.3) is 0 Å². The van der Waals surface area contributed by atoms with Crippen LogP contribution in [0.15, 0.2) is 109 Å². The van der Waals surface area contributed by atoms with Crippen molar-refractivity contribution in [1.29, 1.82) is 0 Å². The van der Waals surface area contributed by atoms with Gasteiger partial charge in [-0.3, -0.25) is 18.6 Å². The first kappa shape index (κ1) is 85.7. The molecule has 0 heterocycles. The molecule has 0 amide bonds. The van der Waals surface area contributed by atoms with E-state index in [4.69, 9.17) is 24.3 Å². The molecular formula is C79H140NO8P. The molecule has 89 heavy (non-hydrogen) atoms. The minimum absolute atomic E-state index is 0.0515. The van der Waals surface area contributed by atoms with Crippen LogP contribution in [0.1, 0.15) is 348 Å². The van der Waals surface area contributed by atoms with E-state index in [-0.39, 0.29) is 38.6 Å². The summed E-state index contributed by atoms with van der Waals surface area (Å²) in [6.07, 6.45) is 102. The zero-order valence-electron chi connectivity index (χ0n) is 57.9. The van der Waals surface area contributed by atoms with Crippen LogP contribution in [0.2, 0.25) is 0 Å². The minimum Gasteiger partial charge on any atom is -0.462 e. The van der Waals surface area contributed by atoms with Crippen molar-refractivity contribution in [3.8, 4) is 0 Å². The number of unbranched alkanes of at least 4 members (excludes halogenated alkanes) is 39. The molecule has 0 aromatic rings. The van der Waals surface area contributed by atoms with Gasteiger partial charge in [-0.1, -0.05) is 348 Å². The molecule has 9 nitrogen and oxygen atoms in total. The molecule has 2 unspecified atom stereocenters. The van der Waals surface area contributed by atoms with Crippen LogP contribution in [0.4, 0.5) is 0 Å². The van der Waals surface area contributed by atoms with E-state index in [9.17, 15) is 19.0 Å². The molecule has 0 spiro atoms. The van der Waals surface area contributed by atoms with E-state index in [0.717, 1.165) is 96.3 Å². The second-order valence-corrected chi connectivity index (χ2v) is 26.2. The molecule has 514 valence electrons. The minimum atomic E-state index is -4.40. The predicted octanol–water partition coefficient (Wildman–Crippen LogP) is 24.9. The SMILES string of the molecule is CC/C=C\C/C=C\C/C=C\C/C=C\C/C=C\CCCCCCCCCCCCCCCC(=O)OC(COC(=O)CCCCCCCCCCCCCCCCCCCCCCCCCCCC/C=C\C/C=C\C/C=C\C/C=C\CC)COP(=O)(O)OCCN. The highest BCUT2D eigenvalue weighted by molar-refractivity contribution is 7.47. The number of phosphoric ester groups is 1. The molecule has 0 fully saturated rings. The van der Waals surface area contributed by atoms with Crippen molar-refractivity contribution in [3.05, 3.63) is 109 Å². The normalized spacial score (nSPS) is 13.5. The number of allylic oxidation sites excluding steroid dienone is 18. The van der Waals surface area contributed by atoms with Crippen molar-refractivity contribution in [2.45, 2.75) is 354 Å². The average Bonchev–Trinajstić information content (AvgIpc) is 3.68. The maximum atomic E-state index is 12.8. The van der Waals surface area contributed by atoms with E-state index in [1.165, 1.54) is 218 Å². The molecule has 10 heteroatoms. The summed E-state index contributed by atoms with van der Waals surface area (Å²) in [7, 11) is -4.40. The third-order valence-corrected chi connectivity index (χ3v) is 17.1. The number of phosphoric acid groups is 1. The molecule has 0 saturated carbocycles. The Morgan fingerprint density at radius 1 is 0.337 bits per heavy atom. The van der Waals surface area contributed by atoms with Gasteiger partial charge in [-0.25, -0.2) is 4.57 Å². The summed E-state index contributed by atoms with van der Waals surface area (Å²) in [6, 6.07) is 0. The number of rotatable bonds is 70. The second kappa shape index (κ2) is 73.7. The van der Waals surface area contributed by atoms with Gasteiger partial charge in [0.1, 0.15) is 6.61 Å². The van der Waals surface area contributed by atoms with Crippen LogP contribution < -0.4 is 5.73 Å². The molecule has 0 aromatic heterocycles. The molecule has 0 aromatic carbocycles. The Balaban J connectivity index is 3.80. The molecule has 0 aliphatic carbocycles. The Bertz CT molecular complexity index is 1830.